The van der Waals surface area contributed by atoms with Crippen molar-refractivity contribution in [2.45, 2.75) is 53.5 Å². The zero-order valence-electron chi connectivity index (χ0n) is 17.6. The third-order valence-electron chi connectivity index (χ3n) is 4.47. The van der Waals surface area contributed by atoms with Crippen LogP contribution in [-0.4, -0.2) is 38.6 Å². The topological polar surface area (TPSA) is 76.7 Å². The van der Waals surface area contributed by atoms with E-state index < -0.39 is 0 Å². The fourth-order valence-corrected chi connectivity index (χ4v) is 2.71. The summed E-state index contributed by atoms with van der Waals surface area (Å²) in [5.41, 5.74) is 0.366. The summed E-state index contributed by atoms with van der Waals surface area (Å²) in [5.74, 6) is 1.07. The molecule has 0 fully saturated rings. The number of carbonyl (C=O) groups excluding carboxylic acids is 2. The number of amides is 2. The van der Waals surface area contributed by atoms with E-state index in [2.05, 4.69) is 45.3 Å². The van der Waals surface area contributed by atoms with Gasteiger partial charge in [-0.25, -0.2) is 0 Å². The van der Waals surface area contributed by atoms with Gasteiger partial charge in [0, 0.05) is 11.6 Å². The number of hydrogen-bond donors (Lipinski definition) is 2. The van der Waals surface area contributed by atoms with E-state index in [4.69, 9.17) is 9.47 Å². The molecule has 0 radical (unpaired) electrons. The fraction of sp³-hybridized carbons (Fsp3) is 0.619. The number of rotatable bonds is 9. The first kappa shape index (κ1) is 22.8. The standard InChI is InChI=1S/C21H34N2O4/c1-14(2)8-11-18(21(3,4)5)23-19(24)13-22-20(25)15-9-10-16(26-6)17(12-15)27-7/h9-10,12,14,18H,8,11,13H2,1-7H3,(H,22,25)(H,23,24). The van der Waals surface area contributed by atoms with Gasteiger partial charge in [-0.05, 0) is 42.4 Å². The highest BCUT2D eigenvalue weighted by Gasteiger charge is 2.26. The molecule has 1 aromatic carbocycles. The Morgan fingerprint density at radius 1 is 1.04 bits per heavy atom. The van der Waals surface area contributed by atoms with Crippen molar-refractivity contribution < 1.29 is 19.1 Å². The van der Waals surface area contributed by atoms with Gasteiger partial charge < -0.3 is 20.1 Å². The molecule has 1 unspecified atom stereocenters. The lowest BCUT2D eigenvalue weighted by molar-refractivity contribution is -0.121. The molecule has 27 heavy (non-hydrogen) atoms. The molecule has 0 aliphatic heterocycles. The monoisotopic (exact) mass is 378 g/mol. The van der Waals surface area contributed by atoms with E-state index in [1.807, 2.05) is 0 Å². The van der Waals surface area contributed by atoms with Crippen molar-refractivity contribution in [3.8, 4) is 11.5 Å². The lowest BCUT2D eigenvalue weighted by Gasteiger charge is -2.32. The largest absolute Gasteiger partial charge is 0.493 e. The third kappa shape index (κ3) is 7.49. The second-order valence-corrected chi connectivity index (χ2v) is 8.21. The highest BCUT2D eigenvalue weighted by Crippen LogP contribution is 2.27. The molecule has 0 saturated heterocycles. The van der Waals surface area contributed by atoms with Crippen LogP contribution >= 0.6 is 0 Å². The summed E-state index contributed by atoms with van der Waals surface area (Å²) in [6.07, 6.45) is 1.96. The van der Waals surface area contributed by atoms with E-state index in [1.54, 1.807) is 18.2 Å². The van der Waals surface area contributed by atoms with Crippen molar-refractivity contribution in [2.24, 2.45) is 11.3 Å². The Morgan fingerprint density at radius 2 is 1.67 bits per heavy atom. The Kier molecular flexibility index (Phi) is 8.60. The molecule has 2 N–H and O–H groups in total. The van der Waals surface area contributed by atoms with Crippen LogP contribution in [0.5, 0.6) is 11.5 Å². The minimum atomic E-state index is -0.333. The molecule has 6 heteroatoms. The molecule has 0 heterocycles. The van der Waals surface area contributed by atoms with E-state index in [9.17, 15) is 9.59 Å². The first-order valence-electron chi connectivity index (χ1n) is 9.38. The number of benzene rings is 1. The maximum Gasteiger partial charge on any atom is 0.251 e. The van der Waals surface area contributed by atoms with Crippen LogP contribution in [-0.2, 0) is 4.79 Å². The molecule has 0 aliphatic rings. The van der Waals surface area contributed by atoms with Crippen molar-refractivity contribution in [3.63, 3.8) is 0 Å². The van der Waals surface area contributed by atoms with Crippen LogP contribution in [0.1, 0.15) is 57.8 Å². The van der Waals surface area contributed by atoms with Crippen molar-refractivity contribution in [3.05, 3.63) is 23.8 Å². The number of hydrogen-bond acceptors (Lipinski definition) is 4. The summed E-state index contributed by atoms with van der Waals surface area (Å²) >= 11 is 0. The van der Waals surface area contributed by atoms with Crippen LogP contribution in [0, 0.1) is 11.3 Å². The van der Waals surface area contributed by atoms with Crippen molar-refractivity contribution in [2.75, 3.05) is 20.8 Å². The number of nitrogens with one attached hydrogen (secondary N) is 2. The third-order valence-corrected chi connectivity index (χ3v) is 4.47. The van der Waals surface area contributed by atoms with Gasteiger partial charge in [0.25, 0.3) is 5.91 Å². The number of carbonyl (C=O) groups is 2. The fourth-order valence-electron chi connectivity index (χ4n) is 2.71. The van der Waals surface area contributed by atoms with Crippen LogP contribution < -0.4 is 20.1 Å². The average Bonchev–Trinajstić information content (AvgIpc) is 2.61. The maximum absolute atomic E-state index is 12.3. The highest BCUT2D eigenvalue weighted by molar-refractivity contribution is 5.97. The molecule has 1 atom stereocenters. The van der Waals surface area contributed by atoms with Crippen LogP contribution in [0.4, 0.5) is 0 Å². The molecule has 0 aliphatic carbocycles. The predicted molar refractivity (Wildman–Crippen MR) is 107 cm³/mol. The average molecular weight is 379 g/mol. The van der Waals surface area contributed by atoms with Gasteiger partial charge in [-0.2, -0.15) is 0 Å². The van der Waals surface area contributed by atoms with E-state index in [-0.39, 0.29) is 29.8 Å². The summed E-state index contributed by atoms with van der Waals surface area (Å²) < 4.78 is 10.4. The van der Waals surface area contributed by atoms with Crippen LogP contribution in [0.3, 0.4) is 0 Å². The summed E-state index contributed by atoms with van der Waals surface area (Å²) in [6, 6.07) is 4.95. The molecule has 0 spiro atoms. The van der Waals surface area contributed by atoms with E-state index >= 15 is 0 Å². The smallest absolute Gasteiger partial charge is 0.251 e. The second kappa shape index (κ2) is 10.2. The lowest BCUT2D eigenvalue weighted by atomic mass is 9.83. The molecule has 1 aromatic rings. The summed E-state index contributed by atoms with van der Waals surface area (Å²) in [7, 11) is 3.05. The Morgan fingerprint density at radius 3 is 2.19 bits per heavy atom. The van der Waals surface area contributed by atoms with Crippen molar-refractivity contribution in [1.29, 1.82) is 0 Å². The minimum Gasteiger partial charge on any atom is -0.493 e. The van der Waals surface area contributed by atoms with Crippen molar-refractivity contribution in [1.82, 2.24) is 10.6 Å². The highest BCUT2D eigenvalue weighted by atomic mass is 16.5. The second-order valence-electron chi connectivity index (χ2n) is 8.21. The molecule has 0 aromatic heterocycles. The van der Waals surface area contributed by atoms with Crippen LogP contribution in [0.25, 0.3) is 0 Å². The summed E-state index contributed by atoms with van der Waals surface area (Å²) in [4.78, 5) is 24.7. The van der Waals surface area contributed by atoms with Gasteiger partial charge in [0.1, 0.15) is 0 Å². The minimum absolute atomic E-state index is 0.0437. The van der Waals surface area contributed by atoms with Gasteiger partial charge in [-0.15, -0.1) is 0 Å². The summed E-state index contributed by atoms with van der Waals surface area (Å²) in [6.45, 7) is 10.6. The quantitative estimate of drug-likeness (QED) is 0.690. The van der Waals surface area contributed by atoms with E-state index in [0.29, 0.717) is 23.0 Å². The molecular formula is C21H34N2O4. The first-order chi connectivity index (χ1) is 12.6. The summed E-state index contributed by atoms with van der Waals surface area (Å²) in [5, 5.41) is 5.72. The molecular weight excluding hydrogens is 344 g/mol. The van der Waals surface area contributed by atoms with Gasteiger partial charge in [-0.1, -0.05) is 34.6 Å². The number of ether oxygens (including phenoxy) is 2. The maximum atomic E-state index is 12.3. The normalized spacial score (nSPS) is 12.4. The molecule has 6 nitrogen and oxygen atoms in total. The molecule has 0 bridgehead atoms. The Balaban J connectivity index is 2.65. The lowest BCUT2D eigenvalue weighted by Crippen LogP contribution is -2.47. The van der Waals surface area contributed by atoms with E-state index in [1.165, 1.54) is 14.2 Å². The Labute approximate surface area is 163 Å². The molecule has 2 amide bonds. The van der Waals surface area contributed by atoms with Crippen molar-refractivity contribution >= 4 is 11.8 Å². The van der Waals surface area contributed by atoms with Gasteiger partial charge in [-0.3, -0.25) is 9.59 Å². The predicted octanol–water partition coefficient (Wildman–Crippen LogP) is 3.40. The Hall–Kier alpha value is -2.24. The first-order valence-corrected chi connectivity index (χ1v) is 9.38. The van der Waals surface area contributed by atoms with Gasteiger partial charge in [0.05, 0.1) is 20.8 Å². The molecule has 0 saturated carbocycles. The van der Waals surface area contributed by atoms with Crippen LogP contribution in [0.15, 0.2) is 18.2 Å². The SMILES string of the molecule is COc1ccc(C(=O)NCC(=O)NC(CCC(C)C)C(C)(C)C)cc1OC. The molecule has 152 valence electrons. The van der Waals surface area contributed by atoms with E-state index in [0.717, 1.165) is 12.8 Å². The van der Waals surface area contributed by atoms with Gasteiger partial charge in [0.2, 0.25) is 5.91 Å². The zero-order valence-corrected chi connectivity index (χ0v) is 17.6. The number of methoxy groups -OCH3 is 2. The Bertz CT molecular complexity index is 636. The van der Waals surface area contributed by atoms with Gasteiger partial charge >= 0.3 is 0 Å². The van der Waals surface area contributed by atoms with Gasteiger partial charge in [0.15, 0.2) is 11.5 Å². The zero-order chi connectivity index (χ0) is 20.6. The molecule has 1 rings (SSSR count). The van der Waals surface area contributed by atoms with Crippen LogP contribution in [0.2, 0.25) is 0 Å².